The van der Waals surface area contributed by atoms with Crippen LogP contribution in [0.15, 0.2) is 42.5 Å². The zero-order chi connectivity index (χ0) is 15.2. The summed E-state index contributed by atoms with van der Waals surface area (Å²) in [7, 11) is 1.59. The van der Waals surface area contributed by atoms with Gasteiger partial charge < -0.3 is 10.1 Å². The van der Waals surface area contributed by atoms with E-state index in [2.05, 4.69) is 24.4 Å². The standard InChI is InChI=1S/C18H20NO2.W/c1-13-7-4-5-10-17(13)14(2)19-18(20)12-15-8-6-9-16(11-15)21-3;/h4-8,10-11,14H,12H2,1-3H3,(H,19,20);/q-1;. The van der Waals surface area contributed by atoms with Crippen molar-refractivity contribution in [3.8, 4) is 5.75 Å². The Morgan fingerprint density at radius 3 is 2.73 bits per heavy atom. The van der Waals surface area contributed by atoms with E-state index in [4.69, 9.17) is 4.74 Å². The van der Waals surface area contributed by atoms with Crippen molar-refractivity contribution in [3.05, 3.63) is 65.2 Å². The van der Waals surface area contributed by atoms with Gasteiger partial charge in [0.05, 0.1) is 13.2 Å². The number of ether oxygens (including phenoxy) is 1. The molecule has 0 fully saturated rings. The molecule has 0 radical (unpaired) electrons. The monoisotopic (exact) mass is 466 g/mol. The smallest absolute Gasteiger partial charge is 0.222 e. The number of aryl methyl sites for hydroxylation is 1. The van der Waals surface area contributed by atoms with E-state index in [0.717, 1.165) is 11.1 Å². The summed E-state index contributed by atoms with van der Waals surface area (Å²) >= 11 is 0. The Hall–Kier alpha value is -1.60. The van der Waals surface area contributed by atoms with E-state index in [0.29, 0.717) is 12.2 Å². The largest absolute Gasteiger partial charge is 0.523 e. The van der Waals surface area contributed by atoms with E-state index in [-0.39, 0.29) is 33.0 Å². The third-order valence-corrected chi connectivity index (χ3v) is 3.46. The van der Waals surface area contributed by atoms with Gasteiger partial charge in [0.15, 0.2) is 0 Å². The number of amides is 1. The minimum atomic E-state index is -0.00382. The minimum absolute atomic E-state index is 0. The fourth-order valence-corrected chi connectivity index (χ4v) is 2.35. The molecule has 0 spiro atoms. The molecule has 1 atom stereocenters. The number of hydrogen-bond donors (Lipinski definition) is 1. The summed E-state index contributed by atoms with van der Waals surface area (Å²) < 4.78 is 5.12. The fourth-order valence-electron chi connectivity index (χ4n) is 2.35. The zero-order valence-corrected chi connectivity index (χ0v) is 16.0. The van der Waals surface area contributed by atoms with Gasteiger partial charge in [0.2, 0.25) is 5.91 Å². The van der Waals surface area contributed by atoms with E-state index in [9.17, 15) is 4.79 Å². The molecule has 0 aliphatic carbocycles. The molecule has 2 rings (SSSR count). The molecule has 22 heavy (non-hydrogen) atoms. The quantitative estimate of drug-likeness (QED) is 0.688. The van der Waals surface area contributed by atoms with Crippen molar-refractivity contribution in [1.29, 1.82) is 0 Å². The normalized spacial score (nSPS) is 11.2. The Labute approximate surface area is 146 Å². The molecular weight excluding hydrogens is 446 g/mol. The number of carbonyl (C=O) groups is 1. The predicted octanol–water partition coefficient (Wildman–Crippen LogP) is 3.22. The molecule has 0 heterocycles. The van der Waals surface area contributed by atoms with Gasteiger partial charge in [0.1, 0.15) is 0 Å². The Kier molecular flexibility index (Phi) is 7.33. The predicted molar refractivity (Wildman–Crippen MR) is 83.3 cm³/mol. The number of benzene rings is 2. The van der Waals surface area contributed by atoms with Crippen LogP contribution in [0.25, 0.3) is 0 Å². The molecule has 3 nitrogen and oxygen atoms in total. The van der Waals surface area contributed by atoms with E-state index in [1.165, 1.54) is 5.56 Å². The molecule has 0 saturated carbocycles. The molecule has 1 N–H and O–H groups in total. The molecule has 2 aromatic rings. The van der Waals surface area contributed by atoms with Crippen LogP contribution >= 0.6 is 0 Å². The van der Waals surface area contributed by atoms with Gasteiger partial charge >= 0.3 is 0 Å². The van der Waals surface area contributed by atoms with Crippen molar-refractivity contribution in [2.45, 2.75) is 26.3 Å². The molecule has 2 aromatic carbocycles. The topological polar surface area (TPSA) is 38.3 Å². The van der Waals surface area contributed by atoms with Gasteiger partial charge in [-0.25, -0.2) is 0 Å². The molecule has 0 bridgehead atoms. The zero-order valence-electron chi connectivity index (χ0n) is 13.1. The second-order valence-corrected chi connectivity index (χ2v) is 5.09. The third kappa shape index (κ3) is 4.99. The fraction of sp³-hybridized carbons (Fsp3) is 0.278. The van der Waals surface area contributed by atoms with Gasteiger partial charge in [0, 0.05) is 33.2 Å². The van der Waals surface area contributed by atoms with E-state index < -0.39 is 0 Å². The molecule has 0 saturated heterocycles. The molecular formula is C18H20NO2W-. The van der Waals surface area contributed by atoms with Crippen molar-refractivity contribution < 1.29 is 30.6 Å². The summed E-state index contributed by atoms with van der Waals surface area (Å²) in [4.78, 5) is 12.1. The summed E-state index contributed by atoms with van der Waals surface area (Å²) in [5.74, 6) is 0.645. The number of nitrogens with one attached hydrogen (secondary N) is 1. The molecule has 4 heteroatoms. The van der Waals surface area contributed by atoms with Crippen LogP contribution in [0.2, 0.25) is 0 Å². The van der Waals surface area contributed by atoms with Crippen molar-refractivity contribution >= 4 is 5.91 Å². The maximum Gasteiger partial charge on any atom is 0.222 e. The number of hydrogen-bond acceptors (Lipinski definition) is 2. The van der Waals surface area contributed by atoms with Crippen molar-refractivity contribution in [3.63, 3.8) is 0 Å². The van der Waals surface area contributed by atoms with E-state index in [1.54, 1.807) is 13.2 Å². The molecule has 1 unspecified atom stereocenters. The second kappa shape index (κ2) is 8.75. The maximum absolute atomic E-state index is 12.1. The van der Waals surface area contributed by atoms with Gasteiger partial charge in [-0.2, -0.15) is 12.1 Å². The van der Waals surface area contributed by atoms with Crippen LogP contribution in [0.1, 0.15) is 29.7 Å². The number of rotatable bonds is 5. The first-order chi connectivity index (χ1) is 10.1. The summed E-state index contributed by atoms with van der Waals surface area (Å²) in [5, 5.41) is 3.03. The minimum Gasteiger partial charge on any atom is -0.523 e. The van der Waals surface area contributed by atoms with Gasteiger partial charge in [-0.3, -0.25) is 4.79 Å². The first-order valence-electron chi connectivity index (χ1n) is 6.99. The Bertz CT molecular complexity index is 628. The Balaban J connectivity index is 0.00000242. The summed E-state index contributed by atoms with van der Waals surface area (Å²) in [6.45, 7) is 4.05. The molecule has 0 aromatic heterocycles. The summed E-state index contributed by atoms with van der Waals surface area (Å²) in [6.07, 6.45) is 0.335. The SMILES string of the molecule is COc1[c-]ccc(CC(=O)NC(C)c2ccccc2C)c1.[W]. The van der Waals surface area contributed by atoms with Crippen molar-refractivity contribution in [1.82, 2.24) is 5.32 Å². The van der Waals surface area contributed by atoms with Crippen LogP contribution in [0.5, 0.6) is 5.75 Å². The van der Waals surface area contributed by atoms with Crippen molar-refractivity contribution in [2.24, 2.45) is 0 Å². The van der Waals surface area contributed by atoms with E-state index >= 15 is 0 Å². The summed E-state index contributed by atoms with van der Waals surface area (Å²) in [6, 6.07) is 16.5. The van der Waals surface area contributed by atoms with Gasteiger partial charge in [-0.1, -0.05) is 24.3 Å². The third-order valence-electron chi connectivity index (χ3n) is 3.46. The first-order valence-corrected chi connectivity index (χ1v) is 6.99. The van der Waals surface area contributed by atoms with Crippen LogP contribution in [0.3, 0.4) is 0 Å². The maximum atomic E-state index is 12.1. The summed E-state index contributed by atoms with van der Waals surface area (Å²) in [5.41, 5.74) is 3.24. The van der Waals surface area contributed by atoms with Crippen LogP contribution in [0, 0.1) is 13.0 Å². The molecule has 116 valence electrons. The second-order valence-electron chi connectivity index (χ2n) is 5.09. The van der Waals surface area contributed by atoms with Gasteiger partial charge in [-0.15, -0.1) is 17.7 Å². The molecule has 1 amide bonds. The van der Waals surface area contributed by atoms with Crippen molar-refractivity contribution in [2.75, 3.05) is 7.11 Å². The number of methoxy groups -OCH3 is 1. The van der Waals surface area contributed by atoms with Gasteiger partial charge in [0.25, 0.3) is 0 Å². The average Bonchev–Trinajstić information content (AvgIpc) is 2.47. The number of carbonyl (C=O) groups excluding carboxylic acids is 1. The Morgan fingerprint density at radius 2 is 2.05 bits per heavy atom. The average molecular weight is 466 g/mol. The van der Waals surface area contributed by atoms with Crippen LogP contribution < -0.4 is 10.1 Å². The van der Waals surface area contributed by atoms with E-state index in [1.807, 2.05) is 37.3 Å². The van der Waals surface area contributed by atoms with Crippen LogP contribution in [-0.2, 0) is 32.3 Å². The van der Waals surface area contributed by atoms with Crippen LogP contribution in [0.4, 0.5) is 0 Å². The Morgan fingerprint density at radius 1 is 1.32 bits per heavy atom. The van der Waals surface area contributed by atoms with Gasteiger partial charge in [-0.05, 0) is 25.0 Å². The van der Waals surface area contributed by atoms with Crippen LogP contribution in [-0.4, -0.2) is 13.0 Å². The molecule has 0 aliphatic rings. The first kappa shape index (κ1) is 18.4. The molecule has 0 aliphatic heterocycles.